The molecule has 1 amide bonds. The van der Waals surface area contributed by atoms with E-state index in [4.69, 9.17) is 10.5 Å². The van der Waals surface area contributed by atoms with Gasteiger partial charge in [0.05, 0.1) is 11.8 Å². The van der Waals surface area contributed by atoms with E-state index >= 15 is 0 Å². The molecule has 0 aliphatic carbocycles. The fourth-order valence-corrected chi connectivity index (χ4v) is 3.59. The van der Waals surface area contributed by atoms with Crippen LogP contribution in [0.2, 0.25) is 0 Å². The smallest absolute Gasteiger partial charge is 0.239 e. The van der Waals surface area contributed by atoms with E-state index in [1.807, 2.05) is 26.0 Å². The predicted molar refractivity (Wildman–Crippen MR) is 98.4 cm³/mol. The number of sulfone groups is 1. The Hall–Kier alpha value is -1.60. The van der Waals surface area contributed by atoms with Gasteiger partial charge in [0.25, 0.3) is 0 Å². The molecule has 1 heterocycles. The number of ether oxygens (including phenoxy) is 1. The van der Waals surface area contributed by atoms with Gasteiger partial charge in [-0.25, -0.2) is 8.42 Å². The largest absolute Gasteiger partial charge is 0.490 e. The number of hydrogen-bond donors (Lipinski definition) is 1. The second-order valence-corrected chi connectivity index (χ2v) is 9.20. The Labute approximate surface area is 150 Å². The molecule has 0 spiro atoms. The Kier molecular flexibility index (Phi) is 6.46. The van der Waals surface area contributed by atoms with Gasteiger partial charge >= 0.3 is 0 Å². The second kappa shape index (κ2) is 8.19. The molecule has 1 fully saturated rings. The molecular weight excluding hydrogens is 340 g/mol. The average molecular weight is 368 g/mol. The van der Waals surface area contributed by atoms with Crippen molar-refractivity contribution in [3.63, 3.8) is 0 Å². The Balaban J connectivity index is 1.84. The first-order chi connectivity index (χ1) is 11.7. The number of benzene rings is 1. The van der Waals surface area contributed by atoms with Crippen LogP contribution in [0.3, 0.4) is 0 Å². The van der Waals surface area contributed by atoms with Crippen LogP contribution in [0.1, 0.15) is 30.4 Å². The fraction of sp³-hybridized carbons (Fsp3) is 0.611. The average Bonchev–Trinajstić information content (AvgIpc) is 2.55. The van der Waals surface area contributed by atoms with Crippen molar-refractivity contribution in [2.24, 2.45) is 5.73 Å². The number of rotatable bonds is 6. The highest BCUT2D eigenvalue weighted by molar-refractivity contribution is 7.90. The number of piperidine rings is 1. The Morgan fingerprint density at radius 1 is 1.32 bits per heavy atom. The van der Waals surface area contributed by atoms with Gasteiger partial charge < -0.3 is 15.4 Å². The molecule has 0 aromatic heterocycles. The van der Waals surface area contributed by atoms with Crippen molar-refractivity contribution >= 4 is 15.7 Å². The van der Waals surface area contributed by atoms with Gasteiger partial charge in [-0.1, -0.05) is 12.1 Å². The lowest BCUT2D eigenvalue weighted by Crippen LogP contribution is -2.49. The third kappa shape index (κ3) is 6.01. The van der Waals surface area contributed by atoms with E-state index in [1.165, 1.54) is 0 Å². The molecule has 7 heteroatoms. The zero-order valence-electron chi connectivity index (χ0n) is 15.2. The van der Waals surface area contributed by atoms with E-state index in [1.54, 1.807) is 4.90 Å². The number of hydrogen-bond acceptors (Lipinski definition) is 5. The molecule has 1 atom stereocenters. The molecule has 1 aromatic carbocycles. The molecular formula is C18H28N2O4S. The van der Waals surface area contributed by atoms with Gasteiger partial charge in [-0.3, -0.25) is 4.79 Å². The van der Waals surface area contributed by atoms with Gasteiger partial charge in [0, 0.05) is 32.2 Å². The SMILES string of the molecule is Cc1ccc(C)c(OC2CCN(C(=O)C(N)CCS(C)(=O)=O)CC2)c1. The molecule has 2 N–H and O–H groups in total. The lowest BCUT2D eigenvalue weighted by molar-refractivity contribution is -0.134. The molecule has 1 saturated heterocycles. The predicted octanol–water partition coefficient (Wildman–Crippen LogP) is 1.44. The third-order valence-corrected chi connectivity index (χ3v) is 5.49. The number of nitrogens with two attached hydrogens (primary N) is 1. The summed E-state index contributed by atoms with van der Waals surface area (Å²) in [6, 6.07) is 5.38. The van der Waals surface area contributed by atoms with Crippen LogP contribution < -0.4 is 10.5 Å². The van der Waals surface area contributed by atoms with Gasteiger partial charge in [0.1, 0.15) is 21.7 Å². The van der Waals surface area contributed by atoms with Gasteiger partial charge in [0.15, 0.2) is 0 Å². The first-order valence-electron chi connectivity index (χ1n) is 8.62. The fourth-order valence-electron chi connectivity index (χ4n) is 2.91. The highest BCUT2D eigenvalue weighted by Gasteiger charge is 2.27. The van der Waals surface area contributed by atoms with Crippen molar-refractivity contribution < 1.29 is 17.9 Å². The molecule has 0 bridgehead atoms. The maximum absolute atomic E-state index is 12.3. The molecule has 1 aromatic rings. The quantitative estimate of drug-likeness (QED) is 0.820. The van der Waals surface area contributed by atoms with Crippen molar-refractivity contribution in [1.29, 1.82) is 0 Å². The maximum atomic E-state index is 12.3. The van der Waals surface area contributed by atoms with Crippen molar-refractivity contribution in [3.8, 4) is 5.75 Å². The van der Waals surface area contributed by atoms with Gasteiger partial charge in [-0.15, -0.1) is 0 Å². The summed E-state index contributed by atoms with van der Waals surface area (Å²) in [7, 11) is -3.11. The van der Waals surface area contributed by atoms with Crippen LogP contribution in [0, 0.1) is 13.8 Å². The van der Waals surface area contributed by atoms with Crippen LogP contribution in [0.25, 0.3) is 0 Å². The molecule has 140 valence electrons. The van der Waals surface area contributed by atoms with E-state index in [0.29, 0.717) is 13.1 Å². The van der Waals surface area contributed by atoms with E-state index in [-0.39, 0.29) is 24.2 Å². The number of carbonyl (C=O) groups excluding carboxylic acids is 1. The van der Waals surface area contributed by atoms with E-state index in [2.05, 4.69) is 6.07 Å². The van der Waals surface area contributed by atoms with Crippen LogP contribution in [-0.4, -0.2) is 56.5 Å². The molecule has 25 heavy (non-hydrogen) atoms. The lowest BCUT2D eigenvalue weighted by atomic mass is 10.1. The standard InChI is InChI=1S/C18H28N2O4S/c1-13-4-5-14(2)17(12-13)24-15-6-9-20(10-7-15)18(21)16(19)8-11-25(3,22)23/h4-5,12,15-16H,6-11,19H2,1-3H3. The zero-order valence-corrected chi connectivity index (χ0v) is 16.0. The maximum Gasteiger partial charge on any atom is 0.239 e. The van der Waals surface area contributed by atoms with Crippen LogP contribution >= 0.6 is 0 Å². The van der Waals surface area contributed by atoms with Crippen molar-refractivity contribution in [2.75, 3.05) is 25.1 Å². The summed E-state index contributed by atoms with van der Waals surface area (Å²) in [5.74, 6) is 0.662. The minimum Gasteiger partial charge on any atom is -0.490 e. The van der Waals surface area contributed by atoms with Gasteiger partial charge in [-0.05, 0) is 37.5 Å². The monoisotopic (exact) mass is 368 g/mol. The van der Waals surface area contributed by atoms with Gasteiger partial charge in [0.2, 0.25) is 5.91 Å². The van der Waals surface area contributed by atoms with Crippen molar-refractivity contribution in [1.82, 2.24) is 4.90 Å². The molecule has 1 aliphatic rings. The minimum atomic E-state index is -3.11. The van der Waals surface area contributed by atoms with Crippen molar-refractivity contribution in [2.45, 2.75) is 45.3 Å². The van der Waals surface area contributed by atoms with Crippen LogP contribution in [0.5, 0.6) is 5.75 Å². The molecule has 1 aliphatic heterocycles. The first-order valence-corrected chi connectivity index (χ1v) is 10.7. The Morgan fingerprint density at radius 3 is 2.56 bits per heavy atom. The number of nitrogens with zero attached hydrogens (tertiary/aromatic N) is 1. The summed E-state index contributed by atoms with van der Waals surface area (Å²) in [6.45, 7) is 5.22. The normalized spacial score (nSPS) is 17.4. The van der Waals surface area contributed by atoms with E-state index in [9.17, 15) is 13.2 Å². The molecule has 6 nitrogen and oxygen atoms in total. The van der Waals surface area contributed by atoms with E-state index in [0.717, 1.165) is 36.0 Å². The lowest BCUT2D eigenvalue weighted by Gasteiger charge is -2.34. The number of aryl methyl sites for hydroxylation is 2. The molecule has 0 radical (unpaired) electrons. The molecule has 2 rings (SSSR count). The molecule has 0 saturated carbocycles. The Morgan fingerprint density at radius 2 is 1.96 bits per heavy atom. The highest BCUT2D eigenvalue weighted by Crippen LogP contribution is 2.24. The summed E-state index contributed by atoms with van der Waals surface area (Å²) in [5.41, 5.74) is 8.12. The minimum absolute atomic E-state index is 0.0634. The summed E-state index contributed by atoms with van der Waals surface area (Å²) in [4.78, 5) is 14.1. The van der Waals surface area contributed by atoms with Crippen molar-refractivity contribution in [3.05, 3.63) is 29.3 Å². The summed E-state index contributed by atoms with van der Waals surface area (Å²) < 4.78 is 28.5. The second-order valence-electron chi connectivity index (χ2n) is 6.94. The van der Waals surface area contributed by atoms with Crippen LogP contribution in [-0.2, 0) is 14.6 Å². The first kappa shape index (κ1) is 19.7. The topological polar surface area (TPSA) is 89.7 Å². The number of carbonyl (C=O) groups is 1. The summed E-state index contributed by atoms with van der Waals surface area (Å²) in [5, 5.41) is 0. The van der Waals surface area contributed by atoms with Gasteiger partial charge in [-0.2, -0.15) is 0 Å². The number of amides is 1. The molecule has 1 unspecified atom stereocenters. The van der Waals surface area contributed by atoms with E-state index < -0.39 is 15.9 Å². The zero-order chi connectivity index (χ0) is 18.6. The van der Waals surface area contributed by atoms with Crippen LogP contribution in [0.15, 0.2) is 18.2 Å². The summed E-state index contributed by atoms with van der Waals surface area (Å²) >= 11 is 0. The Bertz CT molecular complexity index is 710. The summed E-state index contributed by atoms with van der Waals surface area (Å²) in [6.07, 6.45) is 2.89. The third-order valence-electron chi connectivity index (χ3n) is 4.51. The van der Waals surface area contributed by atoms with Crippen LogP contribution in [0.4, 0.5) is 0 Å². The number of likely N-dealkylation sites (tertiary alicyclic amines) is 1. The highest BCUT2D eigenvalue weighted by atomic mass is 32.2.